The van der Waals surface area contributed by atoms with E-state index in [1.165, 1.54) is 45.2 Å². The van der Waals surface area contributed by atoms with Crippen molar-refractivity contribution in [3.63, 3.8) is 0 Å². The molecule has 0 saturated carbocycles. The van der Waals surface area contributed by atoms with Gasteiger partial charge in [0.05, 0.1) is 17.6 Å². The molecular weight excluding hydrogens is 593 g/mol. The summed E-state index contributed by atoms with van der Waals surface area (Å²) in [4.78, 5) is 61.0. The number of carboxylic acid groups (broad SMARTS) is 1. The lowest BCUT2D eigenvalue weighted by Crippen LogP contribution is -2.42. The monoisotopic (exact) mass is 616 g/mol. The van der Waals surface area contributed by atoms with Gasteiger partial charge < -0.3 is 25.3 Å². The Morgan fingerprint density at radius 1 is 1.11 bits per heavy atom. The Bertz CT molecular complexity index is 1740. The summed E-state index contributed by atoms with van der Waals surface area (Å²) in [6.07, 6.45) is -1.65. The van der Waals surface area contributed by atoms with Crippen molar-refractivity contribution >= 4 is 35.4 Å². The fraction of sp³-hybridized carbons (Fsp3) is 0.231. The topological polar surface area (TPSA) is 209 Å². The molecule has 0 bridgehead atoms. The number of nitrogens with two attached hydrogens (primary N) is 1. The molecule has 0 spiro atoms. The molecule has 0 aromatic carbocycles. The summed E-state index contributed by atoms with van der Waals surface area (Å²) in [5.41, 5.74) is 3.02. The molecule has 0 aliphatic carbocycles. The van der Waals surface area contributed by atoms with Crippen molar-refractivity contribution in [2.45, 2.75) is 32.5 Å². The molecule has 4 aromatic heterocycles. The van der Waals surface area contributed by atoms with Crippen molar-refractivity contribution in [2.24, 2.45) is 5.73 Å². The highest BCUT2D eigenvalue weighted by atomic mass is 19.4. The highest BCUT2D eigenvalue weighted by Gasteiger charge is 2.37. The van der Waals surface area contributed by atoms with Gasteiger partial charge in [0.15, 0.2) is 17.1 Å². The first-order chi connectivity index (χ1) is 20.5. The van der Waals surface area contributed by atoms with Gasteiger partial charge in [-0.2, -0.15) is 18.3 Å². The van der Waals surface area contributed by atoms with E-state index in [2.05, 4.69) is 25.4 Å². The lowest BCUT2D eigenvalue weighted by Gasteiger charge is -2.27. The number of ether oxygens (including phenoxy) is 1. The Morgan fingerprint density at radius 3 is 2.48 bits per heavy atom. The smallest absolute Gasteiger partial charge is 0.416 e. The van der Waals surface area contributed by atoms with Crippen LogP contribution >= 0.6 is 0 Å². The van der Waals surface area contributed by atoms with E-state index in [0.29, 0.717) is 4.90 Å². The number of nitrogens with zero attached hydrogens (tertiary/aromatic N) is 6. The van der Waals surface area contributed by atoms with E-state index in [-0.39, 0.29) is 34.2 Å². The number of carbonyl (C=O) groups is 4. The van der Waals surface area contributed by atoms with Crippen LogP contribution in [0, 0.1) is 0 Å². The summed E-state index contributed by atoms with van der Waals surface area (Å²) < 4.78 is 51.3. The summed E-state index contributed by atoms with van der Waals surface area (Å²) in [7, 11) is 0. The Hall–Kier alpha value is -5.81. The zero-order valence-electron chi connectivity index (χ0n) is 23.1. The van der Waals surface area contributed by atoms with Crippen LogP contribution in [0.1, 0.15) is 52.2 Å². The molecule has 4 aromatic rings. The van der Waals surface area contributed by atoms with Gasteiger partial charge in [-0.1, -0.05) is 0 Å². The van der Waals surface area contributed by atoms with Gasteiger partial charge in [-0.25, -0.2) is 29.2 Å². The minimum Gasteiger partial charge on any atom is -0.476 e. The van der Waals surface area contributed by atoms with Crippen molar-refractivity contribution in [3.05, 3.63) is 66.2 Å². The third-order valence-corrected chi connectivity index (χ3v) is 5.39. The van der Waals surface area contributed by atoms with Gasteiger partial charge in [0, 0.05) is 18.0 Å². The lowest BCUT2D eigenvalue weighted by molar-refractivity contribution is -0.119. The molecule has 0 unspecified atom stereocenters. The summed E-state index contributed by atoms with van der Waals surface area (Å²) in [5, 5.41) is 15.8. The zero-order chi connectivity index (χ0) is 32.4. The number of primary amides is 1. The van der Waals surface area contributed by atoms with E-state index in [1.807, 2.05) is 0 Å². The van der Waals surface area contributed by atoms with Crippen molar-refractivity contribution in [2.75, 3.05) is 16.8 Å². The van der Waals surface area contributed by atoms with Crippen LogP contribution in [-0.4, -0.2) is 72.0 Å². The van der Waals surface area contributed by atoms with E-state index in [0.717, 1.165) is 29.4 Å². The molecule has 4 N–H and O–H groups in total. The molecule has 4 rings (SSSR count). The number of amides is 3. The normalized spacial score (nSPS) is 11.6. The minimum absolute atomic E-state index is 0.0221. The van der Waals surface area contributed by atoms with Crippen LogP contribution in [0.15, 0.2) is 53.5 Å². The van der Waals surface area contributed by atoms with Crippen molar-refractivity contribution in [3.8, 4) is 17.1 Å². The fourth-order valence-electron chi connectivity index (χ4n) is 3.65. The molecule has 4 heterocycles. The van der Waals surface area contributed by atoms with Gasteiger partial charge >= 0.3 is 18.2 Å². The number of aromatic nitrogens is 5. The molecule has 0 radical (unpaired) electrons. The number of nitrogens with one attached hydrogen (secondary N) is 1. The summed E-state index contributed by atoms with van der Waals surface area (Å²) in [5.74, 6) is -3.97. The van der Waals surface area contributed by atoms with Gasteiger partial charge in [0.25, 0.3) is 11.8 Å². The van der Waals surface area contributed by atoms with E-state index in [1.54, 1.807) is 0 Å². The second-order valence-electron chi connectivity index (χ2n) is 9.95. The largest absolute Gasteiger partial charge is 0.476 e. The third-order valence-electron chi connectivity index (χ3n) is 5.39. The van der Waals surface area contributed by atoms with Crippen LogP contribution in [0.4, 0.5) is 29.5 Å². The number of hydrogen-bond acceptors (Lipinski definition) is 10. The van der Waals surface area contributed by atoms with Crippen LogP contribution in [0.3, 0.4) is 0 Å². The van der Waals surface area contributed by atoms with Crippen molar-refractivity contribution in [1.82, 2.24) is 24.7 Å². The SMILES string of the molecule is CC(C)(C)OC(=O)N(CC(F)(F)F)c1cc(-c2nc(C(=O)Nc3cn(-c4cccnc4C(=O)O)nc3C(N)=O)co2)ccn1. The van der Waals surface area contributed by atoms with Crippen LogP contribution in [0.2, 0.25) is 0 Å². The number of carbonyl (C=O) groups excluding carboxylic acids is 3. The van der Waals surface area contributed by atoms with Crippen LogP contribution in [-0.2, 0) is 4.74 Å². The molecule has 15 nitrogen and oxygen atoms in total. The molecule has 0 saturated heterocycles. The average Bonchev–Trinajstić information content (AvgIpc) is 3.58. The van der Waals surface area contributed by atoms with Gasteiger partial charge in [0.2, 0.25) is 5.89 Å². The fourth-order valence-corrected chi connectivity index (χ4v) is 3.65. The number of carboxylic acids is 1. The van der Waals surface area contributed by atoms with E-state index >= 15 is 0 Å². The highest BCUT2D eigenvalue weighted by Crippen LogP contribution is 2.27. The van der Waals surface area contributed by atoms with Gasteiger partial charge in [-0.3, -0.25) is 14.5 Å². The standard InChI is InChI=1S/C26H23F3N8O7/c1-25(2,3)44-24(42)36(12-26(27,28)29)17-9-13(6-8-31-17)22-34-15(11-43-22)21(39)33-14-10-37(35-18(14)20(30)38)16-5-4-7-32-19(16)23(40)41/h4-11H,12H2,1-3H3,(H2,30,38)(H,33,39)(H,40,41). The summed E-state index contributed by atoms with van der Waals surface area (Å²) in [6.45, 7) is 2.77. The number of halogens is 3. The third kappa shape index (κ3) is 7.33. The van der Waals surface area contributed by atoms with Gasteiger partial charge in [-0.15, -0.1) is 0 Å². The minimum atomic E-state index is -4.79. The zero-order valence-corrected chi connectivity index (χ0v) is 23.1. The number of aromatic carboxylic acids is 1. The number of anilines is 2. The molecule has 44 heavy (non-hydrogen) atoms. The van der Waals surface area contributed by atoms with Gasteiger partial charge in [-0.05, 0) is 45.0 Å². The number of hydrogen-bond donors (Lipinski definition) is 3. The molecule has 0 fully saturated rings. The summed E-state index contributed by atoms with van der Waals surface area (Å²) in [6, 6.07) is 5.21. The average molecular weight is 617 g/mol. The molecule has 0 aliphatic heterocycles. The van der Waals surface area contributed by atoms with E-state index < -0.39 is 53.7 Å². The predicted octanol–water partition coefficient (Wildman–Crippen LogP) is 3.67. The molecule has 3 amide bonds. The van der Waals surface area contributed by atoms with Gasteiger partial charge in [0.1, 0.15) is 24.2 Å². The van der Waals surface area contributed by atoms with Crippen LogP contribution in [0.25, 0.3) is 17.1 Å². The Morgan fingerprint density at radius 2 is 1.84 bits per heavy atom. The Balaban J connectivity index is 1.61. The number of alkyl halides is 3. The molecule has 0 aliphatic rings. The first kappa shape index (κ1) is 31.1. The first-order valence-electron chi connectivity index (χ1n) is 12.4. The lowest BCUT2D eigenvalue weighted by atomic mass is 10.2. The quantitative estimate of drug-likeness (QED) is 0.260. The highest BCUT2D eigenvalue weighted by molar-refractivity contribution is 6.07. The molecule has 18 heteroatoms. The van der Waals surface area contributed by atoms with E-state index in [4.69, 9.17) is 14.9 Å². The van der Waals surface area contributed by atoms with Crippen molar-refractivity contribution in [1.29, 1.82) is 0 Å². The van der Waals surface area contributed by atoms with Crippen LogP contribution < -0.4 is 16.0 Å². The van der Waals surface area contributed by atoms with E-state index in [9.17, 15) is 37.5 Å². The maximum absolute atomic E-state index is 13.3. The molecular formula is C26H23F3N8O7. The number of pyridine rings is 2. The second-order valence-corrected chi connectivity index (χ2v) is 9.95. The molecule has 230 valence electrons. The van der Waals surface area contributed by atoms with Crippen molar-refractivity contribution < 1.29 is 46.6 Å². The molecule has 0 atom stereocenters. The Kier molecular flexibility index (Phi) is 8.36. The second kappa shape index (κ2) is 11.8. The Labute approximate surface area is 245 Å². The summed E-state index contributed by atoms with van der Waals surface area (Å²) >= 11 is 0. The number of oxazole rings is 1. The number of rotatable bonds is 8. The predicted molar refractivity (Wildman–Crippen MR) is 144 cm³/mol. The maximum Gasteiger partial charge on any atom is 0.416 e. The van der Waals surface area contributed by atoms with Crippen LogP contribution in [0.5, 0.6) is 0 Å². The maximum atomic E-state index is 13.3. The first-order valence-corrected chi connectivity index (χ1v) is 12.4.